The molecule has 190 valence electrons. The number of aryl methyl sites for hydroxylation is 1. The monoisotopic (exact) mass is 538 g/mol. The second kappa shape index (κ2) is 10.1. The van der Waals surface area contributed by atoms with Crippen molar-refractivity contribution in [3.05, 3.63) is 112 Å². The molecule has 1 aromatic heterocycles. The van der Waals surface area contributed by atoms with E-state index in [-0.39, 0.29) is 30.1 Å². The fourth-order valence-electron chi connectivity index (χ4n) is 4.57. The van der Waals surface area contributed by atoms with Gasteiger partial charge in [-0.2, -0.15) is 9.40 Å². The maximum atomic E-state index is 14.6. The van der Waals surface area contributed by atoms with Crippen molar-refractivity contribution >= 4 is 33.2 Å². The van der Waals surface area contributed by atoms with E-state index in [4.69, 9.17) is 11.6 Å². The molecule has 1 amide bonds. The Morgan fingerprint density at radius 2 is 1.78 bits per heavy atom. The molecule has 0 unspecified atom stereocenters. The van der Waals surface area contributed by atoms with Crippen molar-refractivity contribution in [2.45, 2.75) is 24.4 Å². The highest BCUT2D eigenvalue weighted by Crippen LogP contribution is 2.30. The van der Waals surface area contributed by atoms with Crippen LogP contribution >= 0.6 is 11.6 Å². The quantitative estimate of drug-likeness (QED) is 0.353. The van der Waals surface area contributed by atoms with Crippen LogP contribution < -0.4 is 4.90 Å². The topological polar surface area (TPSA) is 75.5 Å². The minimum Gasteiger partial charge on any atom is -0.302 e. The number of anilines is 1. The first kappa shape index (κ1) is 25.1. The number of benzene rings is 3. The van der Waals surface area contributed by atoms with Crippen LogP contribution in [0.5, 0.6) is 0 Å². The molecule has 0 saturated carbocycles. The van der Waals surface area contributed by atoms with E-state index < -0.39 is 21.7 Å². The van der Waals surface area contributed by atoms with E-state index in [0.29, 0.717) is 22.8 Å². The molecule has 0 spiro atoms. The normalized spacial score (nSPS) is 13.8. The standard InChI is InChI=1S/C27H24ClFN4O3S/c1-31-26-14-15-32(37(35,36)21-11-7-8-19(28)16-21)17-23(26)25(30-31)18-33(20-9-3-2-4-10-20)27(34)22-12-5-6-13-24(22)29/h2-13,16H,14-15,17-18H2,1H3. The van der Waals surface area contributed by atoms with Crippen LogP contribution in [0.15, 0.2) is 83.8 Å². The number of rotatable bonds is 6. The lowest BCUT2D eigenvalue weighted by molar-refractivity contribution is 0.0980. The Morgan fingerprint density at radius 1 is 1.05 bits per heavy atom. The van der Waals surface area contributed by atoms with Crippen LogP contribution in [-0.4, -0.2) is 35.0 Å². The molecule has 0 N–H and O–H groups in total. The predicted octanol–water partition coefficient (Wildman–Crippen LogP) is 4.81. The van der Waals surface area contributed by atoms with Crippen LogP contribution in [0.1, 0.15) is 27.3 Å². The molecule has 1 aliphatic heterocycles. The van der Waals surface area contributed by atoms with Crippen molar-refractivity contribution in [2.75, 3.05) is 11.4 Å². The summed E-state index contributed by atoms with van der Waals surface area (Å²) in [6.07, 6.45) is 0.464. The molecule has 0 radical (unpaired) electrons. The molecule has 0 bridgehead atoms. The second-order valence-electron chi connectivity index (χ2n) is 8.75. The maximum Gasteiger partial charge on any atom is 0.261 e. The number of hydrogen-bond acceptors (Lipinski definition) is 4. The van der Waals surface area contributed by atoms with Gasteiger partial charge in [0.1, 0.15) is 5.82 Å². The van der Waals surface area contributed by atoms with Crippen molar-refractivity contribution < 1.29 is 17.6 Å². The molecule has 3 aromatic carbocycles. The van der Waals surface area contributed by atoms with Gasteiger partial charge < -0.3 is 4.90 Å². The van der Waals surface area contributed by atoms with Gasteiger partial charge >= 0.3 is 0 Å². The zero-order valence-electron chi connectivity index (χ0n) is 20.0. The molecule has 2 heterocycles. The number of fused-ring (bicyclic) bond motifs is 1. The Hall–Kier alpha value is -3.53. The SMILES string of the molecule is Cn1nc(CN(C(=O)c2ccccc2F)c2ccccc2)c2c1CCN(S(=O)(=O)c1cccc(Cl)c1)C2. The van der Waals surface area contributed by atoms with Crippen LogP contribution in [0.2, 0.25) is 5.02 Å². The van der Waals surface area contributed by atoms with E-state index in [0.717, 1.165) is 11.3 Å². The van der Waals surface area contributed by atoms with Gasteiger partial charge in [0.25, 0.3) is 5.91 Å². The number of nitrogens with zero attached hydrogens (tertiary/aromatic N) is 4. The highest BCUT2D eigenvalue weighted by Gasteiger charge is 2.33. The lowest BCUT2D eigenvalue weighted by atomic mass is 10.1. The van der Waals surface area contributed by atoms with E-state index >= 15 is 0 Å². The summed E-state index contributed by atoms with van der Waals surface area (Å²) in [6.45, 7) is 0.437. The zero-order valence-corrected chi connectivity index (χ0v) is 21.6. The summed E-state index contributed by atoms with van der Waals surface area (Å²) in [6, 6.07) is 21.0. The minimum atomic E-state index is -3.80. The Kier molecular flexibility index (Phi) is 6.85. The fourth-order valence-corrected chi connectivity index (χ4v) is 6.28. The third-order valence-electron chi connectivity index (χ3n) is 6.45. The van der Waals surface area contributed by atoms with Gasteiger partial charge in [0.15, 0.2) is 0 Å². The molecule has 0 atom stereocenters. The van der Waals surface area contributed by atoms with Crippen molar-refractivity contribution in [3.63, 3.8) is 0 Å². The molecule has 4 aromatic rings. The average molecular weight is 539 g/mol. The zero-order chi connectivity index (χ0) is 26.2. The maximum absolute atomic E-state index is 14.6. The third-order valence-corrected chi connectivity index (χ3v) is 8.53. The van der Waals surface area contributed by atoms with Gasteiger partial charge in [0.2, 0.25) is 10.0 Å². The van der Waals surface area contributed by atoms with Gasteiger partial charge in [-0.3, -0.25) is 9.48 Å². The summed E-state index contributed by atoms with van der Waals surface area (Å²) in [5.74, 6) is -1.13. The summed E-state index contributed by atoms with van der Waals surface area (Å²) in [5.41, 5.74) is 2.72. The lowest BCUT2D eigenvalue weighted by Crippen LogP contribution is -2.37. The summed E-state index contributed by atoms with van der Waals surface area (Å²) in [4.78, 5) is 15.1. The van der Waals surface area contributed by atoms with Crippen molar-refractivity contribution in [2.24, 2.45) is 7.05 Å². The van der Waals surface area contributed by atoms with Crippen LogP contribution in [0.25, 0.3) is 0 Å². The largest absolute Gasteiger partial charge is 0.302 e. The van der Waals surface area contributed by atoms with E-state index in [1.54, 1.807) is 54.2 Å². The highest BCUT2D eigenvalue weighted by atomic mass is 35.5. The van der Waals surface area contributed by atoms with Gasteiger partial charge in [-0.15, -0.1) is 0 Å². The van der Waals surface area contributed by atoms with Gasteiger partial charge in [-0.1, -0.05) is 48.0 Å². The van der Waals surface area contributed by atoms with Crippen LogP contribution in [0, 0.1) is 5.82 Å². The highest BCUT2D eigenvalue weighted by molar-refractivity contribution is 7.89. The molecule has 10 heteroatoms. The number of halogens is 2. The molecule has 0 saturated heterocycles. The molecule has 0 aliphatic carbocycles. The van der Waals surface area contributed by atoms with Crippen molar-refractivity contribution in [3.8, 4) is 0 Å². The van der Waals surface area contributed by atoms with E-state index in [9.17, 15) is 17.6 Å². The number of sulfonamides is 1. The van der Waals surface area contributed by atoms with Crippen LogP contribution in [0.4, 0.5) is 10.1 Å². The third kappa shape index (κ3) is 4.90. The van der Waals surface area contributed by atoms with Gasteiger partial charge in [0, 0.05) is 48.5 Å². The molecular weight excluding hydrogens is 515 g/mol. The average Bonchev–Trinajstić information content (AvgIpc) is 3.22. The lowest BCUT2D eigenvalue weighted by Gasteiger charge is -2.28. The molecule has 7 nitrogen and oxygen atoms in total. The first-order valence-electron chi connectivity index (χ1n) is 11.7. The summed E-state index contributed by atoms with van der Waals surface area (Å²) < 4.78 is 44.4. The minimum absolute atomic E-state index is 0.0470. The summed E-state index contributed by atoms with van der Waals surface area (Å²) in [5, 5.41) is 4.98. The number of carbonyl (C=O) groups excluding carboxylic acids is 1. The summed E-state index contributed by atoms with van der Waals surface area (Å²) >= 11 is 6.05. The molecule has 1 aliphatic rings. The van der Waals surface area contributed by atoms with Crippen molar-refractivity contribution in [1.29, 1.82) is 0 Å². The smallest absolute Gasteiger partial charge is 0.261 e. The van der Waals surface area contributed by atoms with E-state index in [2.05, 4.69) is 5.10 Å². The molecular formula is C27H24ClFN4O3S. The first-order chi connectivity index (χ1) is 17.8. The number of carbonyl (C=O) groups is 1. The Balaban J connectivity index is 1.51. The molecule has 5 rings (SSSR count). The van der Waals surface area contributed by atoms with Gasteiger partial charge in [0.05, 0.1) is 22.7 Å². The van der Waals surface area contributed by atoms with Crippen LogP contribution in [0.3, 0.4) is 0 Å². The number of amides is 1. The first-order valence-corrected chi connectivity index (χ1v) is 13.5. The Labute approximate surface area is 219 Å². The Bertz CT molecular complexity index is 1570. The second-order valence-corrected chi connectivity index (χ2v) is 11.1. The number of aromatic nitrogens is 2. The Morgan fingerprint density at radius 3 is 2.51 bits per heavy atom. The number of hydrogen-bond donors (Lipinski definition) is 0. The van der Waals surface area contributed by atoms with E-state index in [1.807, 2.05) is 6.07 Å². The fraction of sp³-hybridized carbons (Fsp3) is 0.185. The van der Waals surface area contributed by atoms with Crippen molar-refractivity contribution in [1.82, 2.24) is 14.1 Å². The molecule has 0 fully saturated rings. The number of para-hydroxylation sites is 1. The van der Waals surface area contributed by atoms with E-state index in [1.165, 1.54) is 39.5 Å². The van der Waals surface area contributed by atoms with Gasteiger partial charge in [-0.05, 0) is 42.5 Å². The molecule has 37 heavy (non-hydrogen) atoms. The summed E-state index contributed by atoms with van der Waals surface area (Å²) in [7, 11) is -2.00. The van der Waals surface area contributed by atoms with Crippen LogP contribution in [-0.2, 0) is 36.6 Å². The predicted molar refractivity (Wildman–Crippen MR) is 139 cm³/mol. The van der Waals surface area contributed by atoms with Gasteiger partial charge in [-0.25, -0.2) is 12.8 Å².